The summed E-state index contributed by atoms with van der Waals surface area (Å²) in [5, 5.41) is 6.42. The number of morpholine rings is 1. The first-order valence-electron chi connectivity index (χ1n) is 7.78. The molecular formula is C16H23N3O2. The second-order valence-corrected chi connectivity index (χ2v) is 5.63. The quantitative estimate of drug-likeness (QED) is 0.884. The van der Waals surface area contributed by atoms with E-state index in [1.165, 1.54) is 0 Å². The number of para-hydroxylation sites is 2. The molecule has 1 aromatic rings. The average molecular weight is 289 g/mol. The van der Waals surface area contributed by atoms with Gasteiger partial charge in [-0.05, 0) is 38.1 Å². The van der Waals surface area contributed by atoms with Crippen LogP contribution < -0.4 is 15.5 Å². The molecule has 5 heteroatoms. The number of nitrogens with zero attached hydrogens (tertiary/aromatic N) is 1. The first kappa shape index (κ1) is 14.4. The minimum atomic E-state index is 0.129. The van der Waals surface area contributed by atoms with E-state index in [-0.39, 0.29) is 11.8 Å². The highest BCUT2D eigenvalue weighted by atomic mass is 16.5. The summed E-state index contributed by atoms with van der Waals surface area (Å²) in [7, 11) is 0. The summed E-state index contributed by atoms with van der Waals surface area (Å²) in [5.41, 5.74) is 2.02. The van der Waals surface area contributed by atoms with E-state index in [2.05, 4.69) is 21.6 Å². The van der Waals surface area contributed by atoms with E-state index < -0.39 is 0 Å². The lowest BCUT2D eigenvalue weighted by molar-refractivity contribution is -0.120. The van der Waals surface area contributed by atoms with E-state index in [0.717, 1.165) is 63.6 Å². The fourth-order valence-electron chi connectivity index (χ4n) is 2.98. The lowest BCUT2D eigenvalue weighted by Gasteiger charge is -2.31. The zero-order valence-electron chi connectivity index (χ0n) is 12.3. The van der Waals surface area contributed by atoms with Crippen molar-refractivity contribution < 1.29 is 9.53 Å². The summed E-state index contributed by atoms with van der Waals surface area (Å²) in [6, 6.07) is 8.06. The standard InChI is InChI=1S/C16H23N3O2/c20-16(13-5-7-17-8-6-13)18-14-3-1-2-4-15(14)19-9-11-21-12-10-19/h1-4,13,17H,5-12H2,(H,18,20). The Hall–Kier alpha value is -1.59. The SMILES string of the molecule is O=C(Nc1ccccc1N1CCOCC1)C1CCNCC1. The van der Waals surface area contributed by atoms with Gasteiger partial charge in [0.05, 0.1) is 24.6 Å². The van der Waals surface area contributed by atoms with Crippen molar-refractivity contribution in [2.24, 2.45) is 5.92 Å². The summed E-state index contributed by atoms with van der Waals surface area (Å²) >= 11 is 0. The van der Waals surface area contributed by atoms with Crippen LogP contribution in [-0.4, -0.2) is 45.3 Å². The van der Waals surface area contributed by atoms with Crippen LogP contribution in [0, 0.1) is 5.92 Å². The van der Waals surface area contributed by atoms with Gasteiger partial charge in [-0.15, -0.1) is 0 Å². The van der Waals surface area contributed by atoms with Gasteiger partial charge in [0, 0.05) is 19.0 Å². The van der Waals surface area contributed by atoms with Gasteiger partial charge in [-0.1, -0.05) is 12.1 Å². The minimum Gasteiger partial charge on any atom is -0.378 e. The summed E-state index contributed by atoms with van der Waals surface area (Å²) in [4.78, 5) is 14.7. The van der Waals surface area contributed by atoms with E-state index in [4.69, 9.17) is 4.74 Å². The fourth-order valence-corrected chi connectivity index (χ4v) is 2.98. The summed E-state index contributed by atoms with van der Waals surface area (Å²) in [6.45, 7) is 5.11. The molecule has 0 radical (unpaired) electrons. The zero-order chi connectivity index (χ0) is 14.5. The minimum absolute atomic E-state index is 0.129. The third-order valence-electron chi connectivity index (χ3n) is 4.22. The van der Waals surface area contributed by atoms with E-state index in [0.29, 0.717) is 0 Å². The largest absolute Gasteiger partial charge is 0.378 e. The van der Waals surface area contributed by atoms with Crippen LogP contribution in [-0.2, 0) is 9.53 Å². The van der Waals surface area contributed by atoms with Gasteiger partial charge in [0.15, 0.2) is 0 Å². The van der Waals surface area contributed by atoms with Crippen molar-refractivity contribution in [1.82, 2.24) is 5.32 Å². The Morgan fingerprint density at radius 3 is 2.67 bits per heavy atom. The number of carbonyl (C=O) groups is 1. The highest BCUT2D eigenvalue weighted by molar-refractivity contribution is 5.95. The lowest BCUT2D eigenvalue weighted by Crippen LogP contribution is -2.37. The number of amides is 1. The van der Waals surface area contributed by atoms with Gasteiger partial charge in [0.1, 0.15) is 0 Å². The van der Waals surface area contributed by atoms with E-state index in [1.54, 1.807) is 0 Å². The van der Waals surface area contributed by atoms with Crippen molar-refractivity contribution in [1.29, 1.82) is 0 Å². The molecule has 1 aromatic carbocycles. The maximum absolute atomic E-state index is 12.4. The molecule has 0 atom stereocenters. The molecule has 21 heavy (non-hydrogen) atoms. The molecule has 0 bridgehead atoms. The molecule has 2 aliphatic heterocycles. The topological polar surface area (TPSA) is 53.6 Å². The number of carbonyl (C=O) groups excluding carboxylic acids is 1. The van der Waals surface area contributed by atoms with Crippen molar-refractivity contribution in [2.75, 3.05) is 49.6 Å². The van der Waals surface area contributed by atoms with Crippen molar-refractivity contribution in [3.63, 3.8) is 0 Å². The van der Waals surface area contributed by atoms with Gasteiger partial charge in [-0.25, -0.2) is 0 Å². The van der Waals surface area contributed by atoms with E-state index in [1.807, 2.05) is 18.2 Å². The summed E-state index contributed by atoms with van der Waals surface area (Å²) in [6.07, 6.45) is 1.84. The number of hydrogen-bond donors (Lipinski definition) is 2. The van der Waals surface area contributed by atoms with Gasteiger partial charge in [0.2, 0.25) is 5.91 Å². The average Bonchev–Trinajstić information content (AvgIpc) is 2.57. The van der Waals surface area contributed by atoms with Crippen LogP contribution in [0.15, 0.2) is 24.3 Å². The van der Waals surface area contributed by atoms with Crippen LogP contribution in [0.1, 0.15) is 12.8 Å². The third kappa shape index (κ3) is 3.54. The molecule has 2 heterocycles. The molecule has 2 N–H and O–H groups in total. The Balaban J connectivity index is 1.70. The number of nitrogens with one attached hydrogen (secondary N) is 2. The number of benzene rings is 1. The first-order chi connectivity index (χ1) is 10.3. The molecule has 2 fully saturated rings. The molecule has 0 aliphatic carbocycles. The van der Waals surface area contributed by atoms with Gasteiger partial charge < -0.3 is 20.3 Å². The van der Waals surface area contributed by atoms with Gasteiger partial charge in [0.25, 0.3) is 0 Å². The van der Waals surface area contributed by atoms with Crippen LogP contribution in [0.25, 0.3) is 0 Å². The maximum Gasteiger partial charge on any atom is 0.227 e. The van der Waals surface area contributed by atoms with Gasteiger partial charge >= 0.3 is 0 Å². The van der Waals surface area contributed by atoms with Crippen LogP contribution in [0.5, 0.6) is 0 Å². The number of rotatable bonds is 3. The Kier molecular flexibility index (Phi) is 4.72. The molecule has 114 valence electrons. The first-order valence-corrected chi connectivity index (χ1v) is 7.78. The number of hydrogen-bond acceptors (Lipinski definition) is 4. The molecule has 0 spiro atoms. The molecule has 0 saturated carbocycles. The van der Waals surface area contributed by atoms with E-state index in [9.17, 15) is 4.79 Å². The fraction of sp³-hybridized carbons (Fsp3) is 0.562. The predicted octanol–water partition coefficient (Wildman–Crippen LogP) is 1.46. The Morgan fingerprint density at radius 2 is 1.90 bits per heavy atom. The normalized spacial score (nSPS) is 20.3. The smallest absolute Gasteiger partial charge is 0.227 e. The van der Waals surface area contributed by atoms with Gasteiger partial charge in [-0.2, -0.15) is 0 Å². The molecule has 0 unspecified atom stereocenters. The second kappa shape index (κ2) is 6.91. The molecule has 1 amide bonds. The monoisotopic (exact) mass is 289 g/mol. The summed E-state index contributed by atoms with van der Waals surface area (Å²) < 4.78 is 5.40. The number of anilines is 2. The van der Waals surface area contributed by atoms with Crippen LogP contribution >= 0.6 is 0 Å². The molecule has 3 rings (SSSR count). The molecular weight excluding hydrogens is 266 g/mol. The van der Waals surface area contributed by atoms with Crippen LogP contribution in [0.2, 0.25) is 0 Å². The molecule has 2 saturated heterocycles. The highest BCUT2D eigenvalue weighted by Gasteiger charge is 2.22. The molecule has 0 aromatic heterocycles. The Morgan fingerprint density at radius 1 is 1.19 bits per heavy atom. The van der Waals surface area contributed by atoms with Crippen molar-refractivity contribution in [2.45, 2.75) is 12.8 Å². The van der Waals surface area contributed by atoms with Crippen molar-refractivity contribution in [3.8, 4) is 0 Å². The zero-order valence-corrected chi connectivity index (χ0v) is 12.3. The Labute approximate surface area is 125 Å². The second-order valence-electron chi connectivity index (χ2n) is 5.63. The van der Waals surface area contributed by atoms with Crippen molar-refractivity contribution >= 4 is 17.3 Å². The molecule has 5 nitrogen and oxygen atoms in total. The number of piperidine rings is 1. The Bertz CT molecular complexity index is 480. The maximum atomic E-state index is 12.4. The number of ether oxygens (including phenoxy) is 1. The highest BCUT2D eigenvalue weighted by Crippen LogP contribution is 2.27. The predicted molar refractivity (Wildman–Crippen MR) is 83.7 cm³/mol. The van der Waals surface area contributed by atoms with Crippen LogP contribution in [0.3, 0.4) is 0 Å². The van der Waals surface area contributed by atoms with Crippen molar-refractivity contribution in [3.05, 3.63) is 24.3 Å². The lowest BCUT2D eigenvalue weighted by atomic mass is 9.97. The van der Waals surface area contributed by atoms with Gasteiger partial charge in [-0.3, -0.25) is 4.79 Å². The van der Waals surface area contributed by atoms with E-state index >= 15 is 0 Å². The third-order valence-corrected chi connectivity index (χ3v) is 4.22. The summed E-state index contributed by atoms with van der Waals surface area (Å²) in [5.74, 6) is 0.279. The molecule has 2 aliphatic rings. The van der Waals surface area contributed by atoms with Crippen LogP contribution in [0.4, 0.5) is 11.4 Å².